The van der Waals surface area contributed by atoms with E-state index in [-0.39, 0.29) is 57.1 Å². The van der Waals surface area contributed by atoms with Gasteiger partial charge in [-0.25, -0.2) is 4.79 Å². The fourth-order valence-electron chi connectivity index (χ4n) is 6.67. The summed E-state index contributed by atoms with van der Waals surface area (Å²) in [5.74, 6) is -2.77. The summed E-state index contributed by atoms with van der Waals surface area (Å²) in [6.07, 6.45) is -0.291. The molecule has 0 radical (unpaired) electrons. The molecule has 2 heterocycles. The Morgan fingerprint density at radius 2 is 1.05 bits per heavy atom. The number of benzene rings is 5. The van der Waals surface area contributed by atoms with Crippen molar-refractivity contribution in [1.29, 1.82) is 0 Å². The zero-order valence-corrected chi connectivity index (χ0v) is 28.8. The van der Waals surface area contributed by atoms with E-state index in [9.17, 15) is 43.8 Å². The topological polar surface area (TPSA) is 220 Å². The van der Waals surface area contributed by atoms with Crippen LogP contribution in [-0.4, -0.2) is 37.1 Å². The first-order valence-corrected chi connectivity index (χ1v) is 17.0. The monoisotopic (exact) mass is 737 g/mol. The van der Waals surface area contributed by atoms with Crippen LogP contribution in [0.5, 0.6) is 5.75 Å². The van der Waals surface area contributed by atoms with Crippen molar-refractivity contribution in [2.75, 3.05) is 16.4 Å². The highest BCUT2D eigenvalue weighted by atomic mass is 16.4. The second-order valence-corrected chi connectivity index (χ2v) is 13.0. The molecule has 55 heavy (non-hydrogen) atoms. The molecule has 5 aromatic carbocycles. The van der Waals surface area contributed by atoms with Crippen molar-refractivity contribution >= 4 is 56.4 Å². The van der Waals surface area contributed by atoms with Gasteiger partial charge in [-0.2, -0.15) is 0 Å². The van der Waals surface area contributed by atoms with E-state index in [0.29, 0.717) is 21.4 Å². The number of phenolic OH excluding ortho intramolecular Hbond substituents is 1. The van der Waals surface area contributed by atoms with Gasteiger partial charge in [-0.15, -0.1) is 0 Å². The van der Waals surface area contributed by atoms with Crippen molar-refractivity contribution < 1.29 is 24.6 Å². The van der Waals surface area contributed by atoms with Crippen LogP contribution >= 0.6 is 0 Å². The Kier molecular flexibility index (Phi) is 9.39. The van der Waals surface area contributed by atoms with Crippen molar-refractivity contribution in [2.45, 2.75) is 24.9 Å². The number of aromatic hydroxyl groups is 1. The molecule has 0 fully saturated rings. The molecule has 0 spiro atoms. The molecular formula is C41H31N5O9. The Labute approximate surface area is 310 Å². The van der Waals surface area contributed by atoms with Gasteiger partial charge in [0.25, 0.3) is 28.1 Å². The number of phenols is 1. The summed E-state index contributed by atoms with van der Waals surface area (Å²) >= 11 is 0. The SMILES string of the molecule is Nc1cc(NC(=O)[C@H](Cc2ccccc2)n2c(=O)c3cc4c(=O)n([C@@H](Cc5ccccc5)C(=O)O)c(=O)c4cc3c2=O)cc(C(=O)Nc2ccc(O)cc2)c1. The fourth-order valence-corrected chi connectivity index (χ4v) is 6.67. The molecule has 0 aliphatic carbocycles. The van der Waals surface area contributed by atoms with Crippen LogP contribution in [0.15, 0.2) is 134 Å². The molecule has 0 saturated carbocycles. The maximum atomic E-state index is 14.1. The number of anilines is 3. The third kappa shape index (κ3) is 6.99. The van der Waals surface area contributed by atoms with E-state index in [1.165, 1.54) is 42.5 Å². The first-order chi connectivity index (χ1) is 26.4. The average Bonchev–Trinajstić information content (AvgIpc) is 3.56. The van der Waals surface area contributed by atoms with Crippen molar-refractivity contribution in [1.82, 2.24) is 9.13 Å². The van der Waals surface area contributed by atoms with Gasteiger partial charge in [-0.1, -0.05) is 60.7 Å². The van der Waals surface area contributed by atoms with E-state index in [4.69, 9.17) is 5.73 Å². The number of nitrogens with one attached hydrogen (secondary N) is 2. The number of nitrogens with two attached hydrogens (primary N) is 1. The number of carboxylic acid groups (broad SMARTS) is 1. The second kappa shape index (κ2) is 14.4. The second-order valence-electron chi connectivity index (χ2n) is 13.0. The summed E-state index contributed by atoms with van der Waals surface area (Å²) in [5.41, 5.74) is 4.27. The van der Waals surface area contributed by atoms with Crippen LogP contribution in [0.2, 0.25) is 0 Å². The fraction of sp³-hybridized carbons (Fsp3) is 0.0976. The minimum absolute atomic E-state index is 0.0104. The minimum atomic E-state index is -1.56. The van der Waals surface area contributed by atoms with Crippen LogP contribution in [0, 0.1) is 0 Å². The summed E-state index contributed by atoms with van der Waals surface area (Å²) < 4.78 is 1.38. The quantitative estimate of drug-likeness (QED) is 0.0956. The number of aromatic nitrogens is 2. The summed E-state index contributed by atoms with van der Waals surface area (Å²) in [6.45, 7) is 0. The lowest BCUT2D eigenvalue weighted by atomic mass is 10.0. The van der Waals surface area contributed by atoms with Crippen LogP contribution in [-0.2, 0) is 22.4 Å². The molecule has 0 bridgehead atoms. The molecule has 0 unspecified atom stereocenters. The molecule has 7 rings (SSSR count). The van der Waals surface area contributed by atoms with E-state index in [0.717, 1.165) is 16.7 Å². The Morgan fingerprint density at radius 1 is 0.582 bits per heavy atom. The lowest BCUT2D eigenvalue weighted by Gasteiger charge is -2.18. The van der Waals surface area contributed by atoms with Gasteiger partial charge in [0.1, 0.15) is 17.8 Å². The zero-order valence-electron chi connectivity index (χ0n) is 28.8. The molecule has 2 amide bonds. The highest BCUT2D eigenvalue weighted by molar-refractivity contribution is 6.06. The maximum absolute atomic E-state index is 14.1. The number of fused-ring (bicyclic) bond motifs is 2. The zero-order chi connectivity index (χ0) is 39.0. The molecule has 0 aliphatic rings. The molecule has 2 aromatic heterocycles. The summed E-state index contributed by atoms with van der Waals surface area (Å²) in [6, 6.07) is 26.2. The normalized spacial score (nSPS) is 12.4. The summed E-state index contributed by atoms with van der Waals surface area (Å²) in [4.78, 5) is 94.9. The lowest BCUT2D eigenvalue weighted by molar-refractivity contribution is -0.141. The van der Waals surface area contributed by atoms with Crippen LogP contribution in [0.4, 0.5) is 17.1 Å². The van der Waals surface area contributed by atoms with Crippen molar-refractivity contribution in [3.63, 3.8) is 0 Å². The third-order valence-electron chi connectivity index (χ3n) is 9.32. The van der Waals surface area contributed by atoms with Crippen LogP contribution in [0.1, 0.15) is 33.6 Å². The van der Waals surface area contributed by atoms with Gasteiger partial charge in [-0.3, -0.25) is 37.9 Å². The number of nitrogen functional groups attached to an aromatic ring is 1. The molecule has 14 heteroatoms. The lowest BCUT2D eigenvalue weighted by Crippen LogP contribution is -2.38. The third-order valence-corrected chi connectivity index (χ3v) is 9.32. The Morgan fingerprint density at radius 3 is 1.55 bits per heavy atom. The van der Waals surface area contributed by atoms with Crippen LogP contribution < -0.4 is 38.6 Å². The molecule has 0 saturated heterocycles. The van der Waals surface area contributed by atoms with Crippen molar-refractivity contribution in [3.8, 4) is 5.75 Å². The Hall–Kier alpha value is -7.61. The number of carbonyl (C=O) groups is 3. The highest BCUT2D eigenvalue weighted by Gasteiger charge is 2.31. The van der Waals surface area contributed by atoms with Gasteiger partial charge in [0.05, 0.1) is 21.5 Å². The average molecular weight is 738 g/mol. The number of nitrogens with zero attached hydrogens (tertiary/aromatic N) is 2. The van der Waals surface area contributed by atoms with E-state index in [1.807, 2.05) is 0 Å². The van der Waals surface area contributed by atoms with Gasteiger partial charge in [-0.05, 0) is 65.7 Å². The summed E-state index contributed by atoms with van der Waals surface area (Å²) in [7, 11) is 0. The van der Waals surface area contributed by atoms with Gasteiger partial charge >= 0.3 is 5.97 Å². The van der Waals surface area contributed by atoms with E-state index >= 15 is 0 Å². The van der Waals surface area contributed by atoms with Crippen LogP contribution in [0.25, 0.3) is 21.5 Å². The number of amides is 2. The van der Waals surface area contributed by atoms with E-state index in [1.54, 1.807) is 60.7 Å². The van der Waals surface area contributed by atoms with E-state index in [2.05, 4.69) is 10.6 Å². The summed E-state index contributed by atoms with van der Waals surface area (Å²) in [5, 5.41) is 24.0. The predicted octanol–water partition coefficient (Wildman–Crippen LogP) is 3.74. The number of carbonyl (C=O) groups excluding carboxylic acids is 2. The van der Waals surface area contributed by atoms with Gasteiger partial charge in [0.15, 0.2) is 0 Å². The largest absolute Gasteiger partial charge is 0.508 e. The first-order valence-electron chi connectivity index (χ1n) is 17.0. The minimum Gasteiger partial charge on any atom is -0.508 e. The Balaban J connectivity index is 1.27. The number of hydrogen-bond donors (Lipinski definition) is 5. The number of carboxylic acids is 1. The maximum Gasteiger partial charge on any atom is 0.327 e. The molecule has 7 aromatic rings. The van der Waals surface area contributed by atoms with Crippen molar-refractivity contribution in [3.05, 3.63) is 173 Å². The molecule has 6 N–H and O–H groups in total. The predicted molar refractivity (Wildman–Crippen MR) is 206 cm³/mol. The van der Waals surface area contributed by atoms with Gasteiger partial charge in [0.2, 0.25) is 5.91 Å². The number of rotatable bonds is 11. The molecule has 14 nitrogen and oxygen atoms in total. The van der Waals surface area contributed by atoms with E-state index < -0.39 is 52.1 Å². The molecule has 274 valence electrons. The van der Waals surface area contributed by atoms with Gasteiger partial charge in [0, 0.05) is 35.5 Å². The van der Waals surface area contributed by atoms with Crippen LogP contribution in [0.3, 0.4) is 0 Å². The highest BCUT2D eigenvalue weighted by Crippen LogP contribution is 2.24. The smallest absolute Gasteiger partial charge is 0.327 e. The standard InChI is InChI=1S/C41H31N5O9/c42-25-17-24(35(48)43-26-11-13-28(47)14-12-26)18-27(19-25)44-36(49)33(15-22-7-3-1-4-8-22)45-37(50)29-20-31-32(21-30(29)38(45)51)40(53)46(39(31)52)34(41(54)55)16-23-9-5-2-6-10-23/h1-14,17-21,33-34,47H,15-16,42H2,(H,43,48)(H,44,49)(H,54,55)/t33-,34-/m0/s1. The number of aliphatic carboxylic acids is 1. The molecule has 2 atom stereocenters. The first kappa shape index (κ1) is 35.8. The Bertz CT molecular complexity index is 2760. The number of hydrogen-bond acceptors (Lipinski definition) is 9. The molecular weight excluding hydrogens is 706 g/mol. The molecule has 0 aliphatic heterocycles. The van der Waals surface area contributed by atoms with Crippen molar-refractivity contribution in [2.24, 2.45) is 0 Å². The van der Waals surface area contributed by atoms with Gasteiger partial charge < -0.3 is 26.6 Å².